The van der Waals surface area contributed by atoms with Gasteiger partial charge in [0, 0.05) is 11.7 Å². The molecule has 8 heteroatoms. The lowest BCUT2D eigenvalue weighted by Crippen LogP contribution is -3.15. The Morgan fingerprint density at radius 2 is 2.23 bits per heavy atom. The first-order valence-corrected chi connectivity index (χ1v) is 10.8. The minimum Gasteiger partial charge on any atom is -0.495 e. The number of para-hydroxylation sites is 2. The van der Waals surface area contributed by atoms with Crippen molar-refractivity contribution in [1.82, 2.24) is 10.2 Å². The third-order valence-electron chi connectivity index (χ3n) is 4.17. The standard InChI is InChI=1S/C18H26N4O2S2/c1-13(2)10-22-8-9-24-14(11-22)12-25-18-21-20-17(26-18)19-15-6-4-5-7-16(15)23-3/h4-7,13-14H,8-12H2,1-3H3,(H,19,20)/p+1/t14-/m1/s1. The van der Waals surface area contributed by atoms with Gasteiger partial charge < -0.3 is 19.7 Å². The average Bonchev–Trinajstić information content (AvgIpc) is 3.08. The summed E-state index contributed by atoms with van der Waals surface area (Å²) < 4.78 is 12.2. The SMILES string of the molecule is COc1ccccc1Nc1nnc(SC[C@H]2C[NH+](CC(C)C)CCO2)s1. The van der Waals surface area contributed by atoms with E-state index in [1.165, 1.54) is 6.54 Å². The summed E-state index contributed by atoms with van der Waals surface area (Å²) in [6.07, 6.45) is 0.289. The molecule has 1 unspecified atom stereocenters. The number of morpholine rings is 1. The molecule has 1 saturated heterocycles. The predicted octanol–water partition coefficient (Wildman–Crippen LogP) is 2.32. The Bertz CT molecular complexity index is 695. The Balaban J connectivity index is 1.51. The molecule has 0 bridgehead atoms. The number of nitrogens with one attached hydrogen (secondary N) is 2. The van der Waals surface area contributed by atoms with Gasteiger partial charge in [0.1, 0.15) is 24.9 Å². The summed E-state index contributed by atoms with van der Waals surface area (Å²) in [4.78, 5) is 1.65. The lowest BCUT2D eigenvalue weighted by atomic mass is 10.2. The lowest BCUT2D eigenvalue weighted by molar-refractivity contribution is -0.914. The number of aromatic nitrogens is 2. The van der Waals surface area contributed by atoms with E-state index in [9.17, 15) is 0 Å². The molecular formula is C18H27N4O2S2+. The number of quaternary nitrogens is 1. The summed E-state index contributed by atoms with van der Waals surface area (Å²) in [6.45, 7) is 8.83. The van der Waals surface area contributed by atoms with E-state index in [2.05, 4.69) is 29.4 Å². The predicted molar refractivity (Wildman–Crippen MR) is 107 cm³/mol. The average molecular weight is 396 g/mol. The quantitative estimate of drug-likeness (QED) is 0.669. The second kappa shape index (κ2) is 9.55. The Kier molecular flexibility index (Phi) is 7.13. The molecule has 0 aliphatic carbocycles. The van der Waals surface area contributed by atoms with Crippen molar-refractivity contribution in [3.05, 3.63) is 24.3 Å². The van der Waals surface area contributed by atoms with Gasteiger partial charge in [0.15, 0.2) is 4.34 Å². The van der Waals surface area contributed by atoms with Gasteiger partial charge in [0.05, 0.1) is 25.9 Å². The maximum absolute atomic E-state index is 5.93. The van der Waals surface area contributed by atoms with E-state index in [-0.39, 0.29) is 6.10 Å². The summed E-state index contributed by atoms with van der Waals surface area (Å²) in [5, 5.41) is 12.6. The van der Waals surface area contributed by atoms with Gasteiger partial charge in [-0.05, 0) is 12.1 Å². The van der Waals surface area contributed by atoms with Crippen LogP contribution in [0.2, 0.25) is 0 Å². The summed E-state index contributed by atoms with van der Waals surface area (Å²) in [7, 11) is 1.66. The van der Waals surface area contributed by atoms with Crippen LogP contribution in [0.4, 0.5) is 10.8 Å². The van der Waals surface area contributed by atoms with Gasteiger partial charge in [-0.3, -0.25) is 0 Å². The van der Waals surface area contributed by atoms with Crippen LogP contribution in [0.15, 0.2) is 28.6 Å². The van der Waals surface area contributed by atoms with Crippen LogP contribution in [0, 0.1) is 5.92 Å². The zero-order chi connectivity index (χ0) is 18.4. The molecule has 0 spiro atoms. The number of hydrogen-bond acceptors (Lipinski definition) is 7. The molecule has 142 valence electrons. The van der Waals surface area contributed by atoms with Crippen LogP contribution in [-0.2, 0) is 4.74 Å². The van der Waals surface area contributed by atoms with Crippen LogP contribution in [0.3, 0.4) is 0 Å². The fourth-order valence-corrected chi connectivity index (χ4v) is 4.88. The number of rotatable bonds is 8. The number of thioether (sulfide) groups is 1. The molecular weight excluding hydrogens is 368 g/mol. The van der Waals surface area contributed by atoms with Crippen molar-refractivity contribution in [3.63, 3.8) is 0 Å². The zero-order valence-electron chi connectivity index (χ0n) is 15.5. The minimum atomic E-state index is 0.289. The monoisotopic (exact) mass is 395 g/mol. The van der Waals surface area contributed by atoms with E-state index in [4.69, 9.17) is 9.47 Å². The summed E-state index contributed by atoms with van der Waals surface area (Å²) in [5.74, 6) is 2.44. The van der Waals surface area contributed by atoms with Crippen LogP contribution < -0.4 is 15.0 Å². The first-order valence-electron chi connectivity index (χ1n) is 8.95. The highest BCUT2D eigenvalue weighted by Crippen LogP contribution is 2.31. The Labute approximate surface area is 163 Å². The summed E-state index contributed by atoms with van der Waals surface area (Å²) >= 11 is 3.28. The van der Waals surface area contributed by atoms with Crippen LogP contribution in [0.5, 0.6) is 5.75 Å². The molecule has 0 radical (unpaired) electrons. The maximum atomic E-state index is 5.93. The normalized spacial score (nSPS) is 20.3. The highest BCUT2D eigenvalue weighted by atomic mass is 32.2. The van der Waals surface area contributed by atoms with Crippen molar-refractivity contribution in [2.75, 3.05) is 44.4 Å². The molecule has 2 heterocycles. The smallest absolute Gasteiger partial charge is 0.210 e. The highest BCUT2D eigenvalue weighted by Gasteiger charge is 2.24. The minimum absolute atomic E-state index is 0.289. The number of anilines is 2. The van der Waals surface area contributed by atoms with E-state index in [0.29, 0.717) is 0 Å². The van der Waals surface area contributed by atoms with Crippen molar-refractivity contribution >= 4 is 33.9 Å². The van der Waals surface area contributed by atoms with Crippen LogP contribution in [0.25, 0.3) is 0 Å². The molecule has 1 aliphatic rings. The first kappa shape index (κ1) is 19.4. The van der Waals surface area contributed by atoms with Crippen molar-refractivity contribution < 1.29 is 14.4 Å². The number of methoxy groups -OCH3 is 1. The van der Waals surface area contributed by atoms with Crippen LogP contribution in [-0.4, -0.2) is 55.4 Å². The molecule has 26 heavy (non-hydrogen) atoms. The van der Waals surface area contributed by atoms with Gasteiger partial charge in [-0.15, -0.1) is 10.2 Å². The maximum Gasteiger partial charge on any atom is 0.210 e. The number of hydrogen-bond donors (Lipinski definition) is 2. The van der Waals surface area contributed by atoms with Gasteiger partial charge in [-0.2, -0.15) is 0 Å². The number of ether oxygens (including phenoxy) is 2. The molecule has 3 rings (SSSR count). The molecule has 2 aromatic rings. The number of benzene rings is 1. The molecule has 2 N–H and O–H groups in total. The van der Waals surface area contributed by atoms with Gasteiger partial charge in [-0.25, -0.2) is 0 Å². The summed E-state index contributed by atoms with van der Waals surface area (Å²) in [5.41, 5.74) is 0.895. The third kappa shape index (κ3) is 5.57. The van der Waals surface area contributed by atoms with E-state index in [1.807, 2.05) is 24.3 Å². The van der Waals surface area contributed by atoms with Crippen molar-refractivity contribution in [2.45, 2.75) is 24.3 Å². The molecule has 2 atom stereocenters. The van der Waals surface area contributed by atoms with E-state index < -0.39 is 0 Å². The van der Waals surface area contributed by atoms with E-state index in [1.54, 1.807) is 35.1 Å². The first-order chi connectivity index (χ1) is 12.6. The second-order valence-electron chi connectivity index (χ2n) is 6.80. The molecule has 0 amide bonds. The molecule has 1 aromatic heterocycles. The highest BCUT2D eigenvalue weighted by molar-refractivity contribution is 8.01. The molecule has 1 aliphatic heterocycles. The van der Waals surface area contributed by atoms with E-state index in [0.717, 1.165) is 52.3 Å². The van der Waals surface area contributed by atoms with Crippen molar-refractivity contribution in [2.24, 2.45) is 5.92 Å². The Hall–Kier alpha value is -1.35. The molecule has 1 fully saturated rings. The van der Waals surface area contributed by atoms with Gasteiger partial charge in [0.2, 0.25) is 5.13 Å². The number of nitrogens with zero attached hydrogens (tertiary/aromatic N) is 2. The fourth-order valence-electron chi connectivity index (χ4n) is 3.07. The van der Waals surface area contributed by atoms with Crippen molar-refractivity contribution in [1.29, 1.82) is 0 Å². The molecule has 6 nitrogen and oxygen atoms in total. The zero-order valence-corrected chi connectivity index (χ0v) is 17.2. The van der Waals surface area contributed by atoms with E-state index >= 15 is 0 Å². The van der Waals surface area contributed by atoms with Gasteiger partial charge in [-0.1, -0.05) is 49.1 Å². The second-order valence-corrected chi connectivity index (χ2v) is 9.05. The van der Waals surface area contributed by atoms with Crippen molar-refractivity contribution in [3.8, 4) is 5.75 Å². The Morgan fingerprint density at radius 3 is 3.04 bits per heavy atom. The van der Waals surface area contributed by atoms with Crippen LogP contribution in [0.1, 0.15) is 13.8 Å². The van der Waals surface area contributed by atoms with Gasteiger partial charge in [0.25, 0.3) is 0 Å². The summed E-state index contributed by atoms with van der Waals surface area (Å²) in [6, 6.07) is 7.80. The Morgan fingerprint density at radius 1 is 1.38 bits per heavy atom. The third-order valence-corrected chi connectivity index (χ3v) is 6.27. The lowest BCUT2D eigenvalue weighted by Gasteiger charge is -2.30. The molecule has 1 aromatic carbocycles. The van der Waals surface area contributed by atoms with Gasteiger partial charge >= 0.3 is 0 Å². The largest absolute Gasteiger partial charge is 0.495 e. The van der Waals surface area contributed by atoms with Crippen LogP contribution >= 0.6 is 23.1 Å². The molecule has 0 saturated carbocycles. The fraction of sp³-hybridized carbons (Fsp3) is 0.556. The topological polar surface area (TPSA) is 60.7 Å².